The van der Waals surface area contributed by atoms with Gasteiger partial charge in [-0.2, -0.15) is 0 Å². The van der Waals surface area contributed by atoms with Crippen LogP contribution in [0.1, 0.15) is 13.3 Å². The first-order chi connectivity index (χ1) is 3.68. The van der Waals surface area contributed by atoms with E-state index in [0.717, 1.165) is 6.42 Å². The average molecular weight is 201 g/mol. The molecule has 0 heterocycles. The lowest BCUT2D eigenvalue weighted by Crippen LogP contribution is -1.84. The van der Waals surface area contributed by atoms with Crippen LogP contribution in [0.2, 0.25) is 0 Å². The largest absolute Gasteiger partial charge is 0.229 e. The molecule has 0 amide bonds. The summed E-state index contributed by atoms with van der Waals surface area (Å²) in [5.74, 6) is 0. The summed E-state index contributed by atoms with van der Waals surface area (Å²) in [6.45, 7) is 1.90. The summed E-state index contributed by atoms with van der Waals surface area (Å²) in [4.78, 5) is 0. The molecule has 0 aromatic carbocycles. The molecule has 0 aliphatic heterocycles. The normalized spacial score (nSPS) is 16.2. The topological polar surface area (TPSA) is 0 Å². The van der Waals surface area contributed by atoms with Gasteiger partial charge < -0.3 is 0 Å². The van der Waals surface area contributed by atoms with Crippen LogP contribution >= 0.6 is 27.5 Å². The molecule has 0 saturated heterocycles. The van der Waals surface area contributed by atoms with Crippen molar-refractivity contribution in [3.05, 3.63) is 11.1 Å². The maximum atomic E-state index is 12.0. The molecule has 8 heavy (non-hydrogen) atoms. The first-order valence-corrected chi connectivity index (χ1v) is 3.61. The number of hydrogen-bond donors (Lipinski definition) is 0. The molecule has 0 bridgehead atoms. The molecule has 1 unspecified atom stereocenters. The Morgan fingerprint density at radius 2 is 2.50 bits per heavy atom. The smallest absolute Gasteiger partial charge is 0.190 e. The number of halogens is 3. The molecule has 48 valence electrons. The van der Waals surface area contributed by atoms with Crippen molar-refractivity contribution >= 4 is 27.5 Å². The first-order valence-electron chi connectivity index (χ1n) is 2.32. The van der Waals surface area contributed by atoms with Gasteiger partial charge in [0, 0.05) is 0 Å². The van der Waals surface area contributed by atoms with Crippen LogP contribution < -0.4 is 0 Å². The third kappa shape index (κ3) is 3.44. The summed E-state index contributed by atoms with van der Waals surface area (Å²) in [5, 5.41) is -0.961. The second kappa shape index (κ2) is 4.33. The number of allylic oxidation sites excluding steroid dienone is 2. The second-order valence-corrected chi connectivity index (χ2v) is 2.54. The van der Waals surface area contributed by atoms with E-state index in [1.165, 1.54) is 0 Å². The third-order valence-corrected chi connectivity index (χ3v) is 1.71. The molecule has 0 aliphatic rings. The van der Waals surface area contributed by atoms with Gasteiger partial charge in [0.25, 0.3) is 0 Å². The number of alkyl halides is 2. The minimum Gasteiger partial charge on any atom is -0.229 e. The molecule has 0 spiro atoms. The van der Waals surface area contributed by atoms with Crippen molar-refractivity contribution in [3.8, 4) is 0 Å². The maximum Gasteiger partial charge on any atom is 0.190 e. The van der Waals surface area contributed by atoms with Gasteiger partial charge in [-0.05, 0) is 22.4 Å². The van der Waals surface area contributed by atoms with Crippen molar-refractivity contribution < 1.29 is 4.39 Å². The van der Waals surface area contributed by atoms with Gasteiger partial charge >= 0.3 is 0 Å². The lowest BCUT2D eigenvalue weighted by molar-refractivity contribution is 0.522. The standard InChI is InChI=1S/C5H7BrClF/c1-2-3-4(7)5(6)8/h3,5H,2H2,1H3. The Morgan fingerprint density at radius 1 is 2.00 bits per heavy atom. The van der Waals surface area contributed by atoms with Crippen LogP contribution in [0, 0.1) is 0 Å². The van der Waals surface area contributed by atoms with Gasteiger partial charge in [0.2, 0.25) is 0 Å². The van der Waals surface area contributed by atoms with Crippen molar-refractivity contribution in [2.75, 3.05) is 0 Å². The Hall–Kier alpha value is 0.440. The van der Waals surface area contributed by atoms with Crippen molar-refractivity contribution in [2.45, 2.75) is 18.4 Å². The molecule has 0 N–H and O–H groups in total. The highest BCUT2D eigenvalue weighted by Gasteiger charge is 2.01. The Kier molecular flexibility index (Phi) is 4.57. The fourth-order valence-corrected chi connectivity index (χ4v) is 0.625. The van der Waals surface area contributed by atoms with Crippen molar-refractivity contribution in [2.24, 2.45) is 0 Å². The lowest BCUT2D eigenvalue weighted by atomic mass is 10.4. The summed E-state index contributed by atoms with van der Waals surface area (Å²) in [7, 11) is 0. The third-order valence-electron chi connectivity index (χ3n) is 0.608. The zero-order valence-corrected chi connectivity index (χ0v) is 6.84. The Balaban J connectivity index is 3.61. The van der Waals surface area contributed by atoms with E-state index < -0.39 is 5.08 Å². The lowest BCUT2D eigenvalue weighted by Gasteiger charge is -1.93. The fraction of sp³-hybridized carbons (Fsp3) is 0.600. The van der Waals surface area contributed by atoms with Crippen LogP contribution in [0.4, 0.5) is 4.39 Å². The summed E-state index contributed by atoms with van der Waals surface area (Å²) >= 11 is 8.03. The van der Waals surface area contributed by atoms with Crippen LogP contribution in [0.3, 0.4) is 0 Å². The van der Waals surface area contributed by atoms with Gasteiger partial charge in [-0.3, -0.25) is 0 Å². The van der Waals surface area contributed by atoms with E-state index in [0.29, 0.717) is 0 Å². The van der Waals surface area contributed by atoms with E-state index in [1.807, 2.05) is 6.92 Å². The Morgan fingerprint density at radius 3 is 2.62 bits per heavy atom. The van der Waals surface area contributed by atoms with Crippen LogP contribution in [0.5, 0.6) is 0 Å². The van der Waals surface area contributed by atoms with Crippen LogP contribution in [0.25, 0.3) is 0 Å². The van der Waals surface area contributed by atoms with Gasteiger partial charge in [-0.25, -0.2) is 4.39 Å². The predicted molar refractivity (Wildman–Crippen MR) is 38.1 cm³/mol. The molecule has 0 nitrogen and oxygen atoms in total. The van der Waals surface area contributed by atoms with Crippen LogP contribution in [-0.4, -0.2) is 5.08 Å². The van der Waals surface area contributed by atoms with Crippen LogP contribution in [-0.2, 0) is 0 Å². The minimum absolute atomic E-state index is 0.229. The fourth-order valence-electron chi connectivity index (χ4n) is 0.284. The summed E-state index contributed by atoms with van der Waals surface area (Å²) in [5.41, 5.74) is 0. The molecule has 0 radical (unpaired) electrons. The molecule has 3 heteroatoms. The molecule has 1 atom stereocenters. The van der Waals surface area contributed by atoms with E-state index in [9.17, 15) is 4.39 Å². The van der Waals surface area contributed by atoms with E-state index in [1.54, 1.807) is 6.08 Å². The highest BCUT2D eigenvalue weighted by atomic mass is 79.9. The molecule has 0 saturated carbocycles. The molecular formula is C5H7BrClF. The summed E-state index contributed by atoms with van der Waals surface area (Å²) in [6.07, 6.45) is 2.39. The highest BCUT2D eigenvalue weighted by molar-refractivity contribution is 9.09. The maximum absolute atomic E-state index is 12.0. The van der Waals surface area contributed by atoms with E-state index in [2.05, 4.69) is 15.9 Å². The van der Waals surface area contributed by atoms with Crippen LogP contribution in [0.15, 0.2) is 11.1 Å². The van der Waals surface area contributed by atoms with E-state index in [-0.39, 0.29) is 5.03 Å². The number of rotatable bonds is 2. The van der Waals surface area contributed by atoms with Gasteiger partial charge in [0.15, 0.2) is 5.08 Å². The van der Waals surface area contributed by atoms with Crippen molar-refractivity contribution in [1.82, 2.24) is 0 Å². The average Bonchev–Trinajstić information content (AvgIpc) is 1.67. The highest BCUT2D eigenvalue weighted by Crippen LogP contribution is 2.17. The summed E-state index contributed by atoms with van der Waals surface area (Å²) < 4.78 is 12.0. The molecule has 0 aromatic rings. The van der Waals surface area contributed by atoms with Gasteiger partial charge in [0.05, 0.1) is 5.03 Å². The van der Waals surface area contributed by atoms with E-state index in [4.69, 9.17) is 11.6 Å². The summed E-state index contributed by atoms with van der Waals surface area (Å²) in [6, 6.07) is 0. The molecule has 0 aliphatic carbocycles. The minimum atomic E-state index is -1.19. The monoisotopic (exact) mass is 200 g/mol. The molecular weight excluding hydrogens is 194 g/mol. The predicted octanol–water partition coefficient (Wildman–Crippen LogP) is 3.21. The zero-order valence-electron chi connectivity index (χ0n) is 4.50. The van der Waals surface area contributed by atoms with Gasteiger partial charge in [-0.1, -0.05) is 24.6 Å². The van der Waals surface area contributed by atoms with Crippen molar-refractivity contribution in [1.29, 1.82) is 0 Å². The van der Waals surface area contributed by atoms with E-state index >= 15 is 0 Å². The zero-order chi connectivity index (χ0) is 6.57. The quantitative estimate of drug-likeness (QED) is 0.602. The van der Waals surface area contributed by atoms with Gasteiger partial charge in [0.1, 0.15) is 0 Å². The molecule has 0 fully saturated rings. The van der Waals surface area contributed by atoms with Gasteiger partial charge in [-0.15, -0.1) is 0 Å². The SMILES string of the molecule is CCC=C(Cl)C(F)Br. The second-order valence-electron chi connectivity index (χ2n) is 1.30. The Labute approximate surface area is 61.8 Å². The molecule has 0 aromatic heterocycles. The Bertz CT molecular complexity index is 90.4. The molecule has 0 rings (SSSR count). The first kappa shape index (κ1) is 8.44. The number of hydrogen-bond acceptors (Lipinski definition) is 0. The van der Waals surface area contributed by atoms with Crippen molar-refractivity contribution in [3.63, 3.8) is 0 Å².